The first-order chi connectivity index (χ1) is 9.65. The predicted octanol–water partition coefficient (Wildman–Crippen LogP) is 3.10. The van der Waals surface area contributed by atoms with Crippen LogP contribution in [0, 0.1) is 5.92 Å². The molecule has 1 aliphatic rings. The highest BCUT2D eigenvalue weighted by molar-refractivity contribution is 6.32. The SMILES string of the molecule is CC1CCc2onc(C(=O)Nc3cccnc3Cl)c2C1. The molecule has 0 aliphatic heterocycles. The van der Waals surface area contributed by atoms with Crippen LogP contribution in [0.2, 0.25) is 5.15 Å². The van der Waals surface area contributed by atoms with Crippen molar-refractivity contribution in [2.75, 3.05) is 5.32 Å². The van der Waals surface area contributed by atoms with Crippen molar-refractivity contribution in [2.45, 2.75) is 26.2 Å². The molecule has 1 unspecified atom stereocenters. The molecule has 0 spiro atoms. The Balaban J connectivity index is 1.85. The minimum Gasteiger partial charge on any atom is -0.360 e. The Morgan fingerprint density at radius 1 is 1.55 bits per heavy atom. The van der Waals surface area contributed by atoms with E-state index < -0.39 is 0 Å². The summed E-state index contributed by atoms with van der Waals surface area (Å²) in [6.07, 6.45) is 4.29. The number of hydrogen-bond donors (Lipinski definition) is 1. The zero-order chi connectivity index (χ0) is 14.1. The fourth-order valence-electron chi connectivity index (χ4n) is 2.42. The Morgan fingerprint density at radius 2 is 2.40 bits per heavy atom. The van der Waals surface area contributed by atoms with Gasteiger partial charge in [-0.15, -0.1) is 0 Å². The molecule has 3 rings (SSSR count). The number of rotatable bonds is 2. The molecule has 0 radical (unpaired) electrons. The largest absolute Gasteiger partial charge is 0.360 e. The summed E-state index contributed by atoms with van der Waals surface area (Å²) in [7, 11) is 0. The predicted molar refractivity (Wildman–Crippen MR) is 74.9 cm³/mol. The summed E-state index contributed by atoms with van der Waals surface area (Å²) < 4.78 is 5.27. The molecule has 1 aliphatic carbocycles. The molecule has 6 heteroatoms. The van der Waals surface area contributed by atoms with Gasteiger partial charge in [-0.05, 0) is 30.9 Å². The van der Waals surface area contributed by atoms with E-state index in [2.05, 4.69) is 22.4 Å². The molecule has 2 heterocycles. The third-order valence-corrected chi connectivity index (χ3v) is 3.81. The van der Waals surface area contributed by atoms with Gasteiger partial charge in [0.25, 0.3) is 5.91 Å². The van der Waals surface area contributed by atoms with Crippen LogP contribution in [0.25, 0.3) is 0 Å². The highest BCUT2D eigenvalue weighted by Gasteiger charge is 2.27. The van der Waals surface area contributed by atoms with E-state index in [4.69, 9.17) is 16.1 Å². The van der Waals surface area contributed by atoms with E-state index in [1.54, 1.807) is 18.3 Å². The van der Waals surface area contributed by atoms with E-state index in [0.29, 0.717) is 17.3 Å². The van der Waals surface area contributed by atoms with Crippen molar-refractivity contribution in [3.05, 3.63) is 40.5 Å². The number of hydrogen-bond acceptors (Lipinski definition) is 4. The molecule has 2 aromatic heterocycles. The second-order valence-corrected chi connectivity index (χ2v) is 5.43. The summed E-state index contributed by atoms with van der Waals surface area (Å²) >= 11 is 5.93. The van der Waals surface area contributed by atoms with E-state index >= 15 is 0 Å². The Morgan fingerprint density at radius 3 is 3.20 bits per heavy atom. The average molecular weight is 292 g/mol. The number of aromatic nitrogens is 2. The lowest BCUT2D eigenvalue weighted by Crippen LogP contribution is -2.18. The zero-order valence-corrected chi connectivity index (χ0v) is 11.8. The van der Waals surface area contributed by atoms with Gasteiger partial charge in [-0.2, -0.15) is 0 Å². The average Bonchev–Trinajstić information content (AvgIpc) is 2.84. The molecule has 0 aromatic carbocycles. The van der Waals surface area contributed by atoms with E-state index in [1.165, 1.54) is 0 Å². The molecule has 20 heavy (non-hydrogen) atoms. The lowest BCUT2D eigenvalue weighted by Gasteiger charge is -2.16. The first-order valence-electron chi connectivity index (χ1n) is 6.54. The van der Waals surface area contributed by atoms with Crippen molar-refractivity contribution in [3.63, 3.8) is 0 Å². The van der Waals surface area contributed by atoms with Gasteiger partial charge in [-0.25, -0.2) is 4.98 Å². The maximum atomic E-state index is 12.3. The van der Waals surface area contributed by atoms with Crippen molar-refractivity contribution in [1.82, 2.24) is 10.1 Å². The summed E-state index contributed by atoms with van der Waals surface area (Å²) in [5, 5.41) is 6.89. The summed E-state index contributed by atoms with van der Waals surface area (Å²) in [5.74, 6) is 1.06. The molecule has 1 amide bonds. The number of aryl methyl sites for hydroxylation is 1. The Labute approximate surface area is 121 Å². The Bertz CT molecular complexity index is 654. The first kappa shape index (κ1) is 13.1. The molecule has 1 N–H and O–H groups in total. The summed E-state index contributed by atoms with van der Waals surface area (Å²) in [4.78, 5) is 16.2. The van der Waals surface area contributed by atoms with Crippen molar-refractivity contribution in [3.8, 4) is 0 Å². The Hall–Kier alpha value is -1.88. The highest BCUT2D eigenvalue weighted by Crippen LogP contribution is 2.28. The molecule has 0 bridgehead atoms. The molecule has 0 saturated carbocycles. The molecule has 0 fully saturated rings. The molecule has 5 nitrogen and oxygen atoms in total. The van der Waals surface area contributed by atoms with E-state index in [0.717, 1.165) is 30.6 Å². The number of nitrogens with zero attached hydrogens (tertiary/aromatic N) is 2. The number of nitrogens with one attached hydrogen (secondary N) is 1. The lowest BCUT2D eigenvalue weighted by atomic mass is 9.88. The number of pyridine rings is 1. The second kappa shape index (κ2) is 5.25. The van der Waals surface area contributed by atoms with E-state index in [9.17, 15) is 4.79 Å². The standard InChI is InChI=1S/C14H14ClN3O2/c1-8-4-5-11-9(7-8)12(18-20-11)14(19)17-10-3-2-6-16-13(10)15/h2-3,6,8H,4-5,7H2,1H3,(H,17,19). The third kappa shape index (κ3) is 2.41. The van der Waals surface area contributed by atoms with Gasteiger partial charge in [0.05, 0.1) is 5.69 Å². The van der Waals surface area contributed by atoms with Crippen LogP contribution < -0.4 is 5.32 Å². The van der Waals surface area contributed by atoms with Crippen LogP contribution in [0.4, 0.5) is 5.69 Å². The number of carbonyl (C=O) groups excluding carboxylic acids is 1. The number of carbonyl (C=O) groups is 1. The van der Waals surface area contributed by atoms with Crippen molar-refractivity contribution >= 4 is 23.2 Å². The van der Waals surface area contributed by atoms with Gasteiger partial charge in [0.2, 0.25) is 0 Å². The number of anilines is 1. The number of fused-ring (bicyclic) bond motifs is 1. The van der Waals surface area contributed by atoms with Crippen LogP contribution in [0.3, 0.4) is 0 Å². The van der Waals surface area contributed by atoms with Gasteiger partial charge >= 0.3 is 0 Å². The van der Waals surface area contributed by atoms with E-state index in [-0.39, 0.29) is 11.1 Å². The number of halogens is 1. The van der Waals surface area contributed by atoms with Crippen molar-refractivity contribution < 1.29 is 9.32 Å². The third-order valence-electron chi connectivity index (χ3n) is 3.51. The van der Waals surface area contributed by atoms with Crippen LogP contribution in [-0.2, 0) is 12.8 Å². The summed E-state index contributed by atoms with van der Waals surface area (Å²) in [6.45, 7) is 2.16. The number of amides is 1. The van der Waals surface area contributed by atoms with Gasteiger partial charge < -0.3 is 9.84 Å². The van der Waals surface area contributed by atoms with Crippen LogP contribution >= 0.6 is 11.6 Å². The van der Waals surface area contributed by atoms with Gasteiger partial charge in [0.1, 0.15) is 5.76 Å². The normalized spacial score (nSPS) is 17.6. The maximum absolute atomic E-state index is 12.3. The van der Waals surface area contributed by atoms with Crippen molar-refractivity contribution in [2.24, 2.45) is 5.92 Å². The van der Waals surface area contributed by atoms with E-state index in [1.807, 2.05) is 0 Å². The molecule has 0 saturated heterocycles. The first-order valence-corrected chi connectivity index (χ1v) is 6.92. The fraction of sp³-hybridized carbons (Fsp3) is 0.357. The molecule has 1 atom stereocenters. The van der Waals surface area contributed by atoms with Gasteiger partial charge in [0.15, 0.2) is 10.8 Å². The summed E-state index contributed by atoms with van der Waals surface area (Å²) in [6, 6.07) is 3.41. The van der Waals surface area contributed by atoms with Crippen LogP contribution in [0.1, 0.15) is 35.2 Å². The maximum Gasteiger partial charge on any atom is 0.278 e. The molecule has 2 aromatic rings. The smallest absolute Gasteiger partial charge is 0.278 e. The summed E-state index contributed by atoms with van der Waals surface area (Å²) in [5.41, 5.74) is 1.74. The molecular weight excluding hydrogens is 278 g/mol. The van der Waals surface area contributed by atoms with Crippen LogP contribution in [0.5, 0.6) is 0 Å². The van der Waals surface area contributed by atoms with Crippen LogP contribution in [0.15, 0.2) is 22.9 Å². The van der Waals surface area contributed by atoms with Crippen LogP contribution in [-0.4, -0.2) is 16.0 Å². The van der Waals surface area contributed by atoms with Gasteiger partial charge in [-0.1, -0.05) is 23.7 Å². The monoisotopic (exact) mass is 291 g/mol. The van der Waals surface area contributed by atoms with Crippen molar-refractivity contribution in [1.29, 1.82) is 0 Å². The Kier molecular flexibility index (Phi) is 3.44. The van der Waals surface area contributed by atoms with Gasteiger partial charge in [-0.3, -0.25) is 4.79 Å². The molecular formula is C14H14ClN3O2. The minimum atomic E-state index is -0.306. The fourth-order valence-corrected chi connectivity index (χ4v) is 2.58. The zero-order valence-electron chi connectivity index (χ0n) is 11.0. The minimum absolute atomic E-state index is 0.256. The quantitative estimate of drug-likeness (QED) is 0.863. The lowest BCUT2D eigenvalue weighted by molar-refractivity contribution is 0.101. The molecule has 104 valence electrons. The second-order valence-electron chi connectivity index (χ2n) is 5.08. The highest BCUT2D eigenvalue weighted by atomic mass is 35.5. The van der Waals surface area contributed by atoms with Gasteiger partial charge in [0, 0.05) is 18.2 Å². The topological polar surface area (TPSA) is 68.0 Å².